The average molecular weight is 515 g/mol. The Kier molecular flexibility index (Phi) is 9.53. The number of piperidine rings is 1. The van der Waals surface area contributed by atoms with Crippen LogP contribution in [0.15, 0.2) is 42.5 Å². The summed E-state index contributed by atoms with van der Waals surface area (Å²) >= 11 is 5.56. The van der Waals surface area contributed by atoms with Crippen molar-refractivity contribution in [3.05, 3.63) is 42.5 Å². The predicted octanol–water partition coefficient (Wildman–Crippen LogP) is 5.53. The fraction of sp³-hybridized carbons (Fsp3) is 0.536. The van der Waals surface area contributed by atoms with Crippen LogP contribution in [-0.2, 0) is 4.74 Å². The summed E-state index contributed by atoms with van der Waals surface area (Å²) in [5.41, 5.74) is 0.910. The number of hydrogen-bond acceptors (Lipinski definition) is 7. The molecule has 0 spiro atoms. The van der Waals surface area contributed by atoms with Crippen molar-refractivity contribution < 1.29 is 23.7 Å². The minimum Gasteiger partial charge on any atom is -0.497 e. The van der Waals surface area contributed by atoms with Crippen molar-refractivity contribution in [1.29, 1.82) is 0 Å². The Balaban J connectivity index is 1.26. The summed E-state index contributed by atoms with van der Waals surface area (Å²) in [5, 5.41) is 3.68. The number of rotatable bonds is 10. The van der Waals surface area contributed by atoms with E-state index in [1.54, 1.807) is 21.3 Å². The maximum Gasteiger partial charge on any atom is 0.261 e. The molecule has 1 heterocycles. The highest BCUT2D eigenvalue weighted by Crippen LogP contribution is 2.37. The lowest BCUT2D eigenvalue weighted by Gasteiger charge is -2.47. The molecular weight excluding hydrogens is 476 g/mol. The molecule has 2 aromatic rings. The van der Waals surface area contributed by atoms with Crippen LogP contribution in [0.3, 0.4) is 0 Å². The molecule has 0 bridgehead atoms. The highest BCUT2D eigenvalue weighted by atomic mass is 32.1. The van der Waals surface area contributed by atoms with Gasteiger partial charge in [0.1, 0.15) is 17.6 Å². The van der Waals surface area contributed by atoms with E-state index < -0.39 is 0 Å². The molecule has 3 unspecified atom stereocenters. The molecule has 0 aromatic heterocycles. The molecule has 4 rings (SSSR count). The maximum atomic E-state index is 6.31. The highest BCUT2D eigenvalue weighted by molar-refractivity contribution is 7.80. The van der Waals surface area contributed by atoms with Crippen LogP contribution in [0.4, 0.5) is 5.69 Å². The van der Waals surface area contributed by atoms with Gasteiger partial charge in [-0.25, -0.2) is 0 Å². The van der Waals surface area contributed by atoms with E-state index in [0.29, 0.717) is 35.2 Å². The standard InChI is InChI=1S/C28H38N2O5S/c1-31-21-11-9-20(10-12-21)29-28(36)35-25-15-17-30(24-8-5-4-7-23(24)25)16-6-18-34-22-13-14-26(32-2)27(19-22)33-3/h9-14,19,23-25H,4-8,15-18H2,1-3H3,(H,29,36). The molecule has 2 fully saturated rings. The van der Waals surface area contributed by atoms with E-state index in [2.05, 4.69) is 10.2 Å². The van der Waals surface area contributed by atoms with Gasteiger partial charge in [0, 0.05) is 36.8 Å². The van der Waals surface area contributed by atoms with E-state index in [0.717, 1.165) is 43.1 Å². The van der Waals surface area contributed by atoms with Crippen LogP contribution in [0.1, 0.15) is 38.5 Å². The first-order valence-electron chi connectivity index (χ1n) is 12.8. The number of benzene rings is 2. The van der Waals surface area contributed by atoms with Crippen molar-refractivity contribution in [3.63, 3.8) is 0 Å². The third kappa shape index (κ3) is 6.73. The average Bonchev–Trinajstić information content (AvgIpc) is 2.92. The molecule has 1 N–H and O–H groups in total. The molecule has 196 valence electrons. The van der Waals surface area contributed by atoms with Crippen molar-refractivity contribution in [2.75, 3.05) is 46.3 Å². The van der Waals surface area contributed by atoms with Crippen molar-refractivity contribution in [2.45, 2.75) is 50.7 Å². The molecule has 2 aliphatic rings. The molecule has 2 aromatic carbocycles. The predicted molar refractivity (Wildman–Crippen MR) is 146 cm³/mol. The second-order valence-corrected chi connectivity index (χ2v) is 9.73. The summed E-state index contributed by atoms with van der Waals surface area (Å²) in [5.74, 6) is 3.51. The van der Waals surface area contributed by atoms with Crippen LogP contribution < -0.4 is 24.3 Å². The van der Waals surface area contributed by atoms with Crippen LogP contribution in [0.25, 0.3) is 0 Å². The zero-order valence-electron chi connectivity index (χ0n) is 21.5. The lowest BCUT2D eigenvalue weighted by atomic mass is 9.76. The lowest BCUT2D eigenvalue weighted by molar-refractivity contribution is -0.0288. The number of likely N-dealkylation sites (tertiary alicyclic amines) is 1. The number of thiocarbonyl (C=S) groups is 1. The largest absolute Gasteiger partial charge is 0.497 e. The Morgan fingerprint density at radius 2 is 1.67 bits per heavy atom. The van der Waals surface area contributed by atoms with E-state index in [1.807, 2.05) is 42.5 Å². The minimum atomic E-state index is 0.160. The summed E-state index contributed by atoms with van der Waals surface area (Å²) in [6.45, 7) is 2.71. The molecule has 7 nitrogen and oxygen atoms in total. The van der Waals surface area contributed by atoms with Crippen molar-refractivity contribution in [3.8, 4) is 23.0 Å². The smallest absolute Gasteiger partial charge is 0.261 e. The lowest BCUT2D eigenvalue weighted by Crippen LogP contribution is -2.54. The molecule has 3 atom stereocenters. The Bertz CT molecular complexity index is 986. The molecule has 1 aliphatic carbocycles. The molecule has 8 heteroatoms. The van der Waals surface area contributed by atoms with Crippen molar-refractivity contribution >= 4 is 23.1 Å². The van der Waals surface area contributed by atoms with Gasteiger partial charge in [0.2, 0.25) is 0 Å². The van der Waals surface area contributed by atoms with E-state index in [-0.39, 0.29) is 6.10 Å². The number of fused-ring (bicyclic) bond motifs is 1. The van der Waals surface area contributed by atoms with Gasteiger partial charge < -0.3 is 29.0 Å². The Morgan fingerprint density at radius 3 is 2.42 bits per heavy atom. The van der Waals surface area contributed by atoms with Crippen LogP contribution in [0.2, 0.25) is 0 Å². The molecule has 1 saturated heterocycles. The summed E-state index contributed by atoms with van der Waals surface area (Å²) in [6.07, 6.45) is 7.08. The van der Waals surface area contributed by atoms with E-state index >= 15 is 0 Å². The summed E-state index contributed by atoms with van der Waals surface area (Å²) in [6, 6.07) is 13.9. The first kappa shape index (κ1) is 26.4. The van der Waals surface area contributed by atoms with Crippen molar-refractivity contribution in [1.82, 2.24) is 4.90 Å². The second kappa shape index (κ2) is 13.0. The van der Waals surface area contributed by atoms with E-state index in [1.165, 1.54) is 25.7 Å². The Labute approximate surface area is 220 Å². The fourth-order valence-corrected chi connectivity index (χ4v) is 5.69. The third-order valence-corrected chi connectivity index (χ3v) is 7.44. The first-order chi connectivity index (χ1) is 17.6. The number of ether oxygens (including phenoxy) is 5. The van der Waals surface area contributed by atoms with Crippen LogP contribution >= 0.6 is 12.2 Å². The van der Waals surface area contributed by atoms with Gasteiger partial charge in [0.05, 0.1) is 27.9 Å². The Morgan fingerprint density at radius 1 is 0.917 bits per heavy atom. The molecule has 0 amide bonds. The fourth-order valence-electron chi connectivity index (χ4n) is 5.45. The number of nitrogens with zero attached hydrogens (tertiary/aromatic N) is 1. The van der Waals surface area contributed by atoms with Crippen LogP contribution in [-0.4, -0.2) is 63.2 Å². The second-order valence-electron chi connectivity index (χ2n) is 9.36. The number of nitrogens with one attached hydrogen (secondary N) is 1. The maximum absolute atomic E-state index is 6.31. The third-order valence-electron chi connectivity index (χ3n) is 7.24. The summed E-state index contributed by atoms with van der Waals surface area (Å²) in [4.78, 5) is 2.64. The molecule has 1 saturated carbocycles. The van der Waals surface area contributed by atoms with Gasteiger partial charge in [0.25, 0.3) is 5.17 Å². The van der Waals surface area contributed by atoms with Gasteiger partial charge in [-0.15, -0.1) is 0 Å². The molecule has 1 aliphatic heterocycles. The Hall–Kier alpha value is -2.71. The summed E-state index contributed by atoms with van der Waals surface area (Å²) in [7, 11) is 4.93. The van der Waals surface area contributed by atoms with Crippen molar-refractivity contribution in [2.24, 2.45) is 5.92 Å². The monoisotopic (exact) mass is 514 g/mol. The minimum absolute atomic E-state index is 0.160. The number of hydrogen-bond donors (Lipinski definition) is 1. The van der Waals surface area contributed by atoms with Gasteiger partial charge >= 0.3 is 0 Å². The molecular formula is C28H38N2O5S. The summed E-state index contributed by atoms with van der Waals surface area (Å²) < 4.78 is 28.2. The van der Waals surface area contributed by atoms with Gasteiger partial charge in [-0.05, 0) is 74.3 Å². The number of anilines is 1. The van der Waals surface area contributed by atoms with Crippen LogP contribution in [0.5, 0.6) is 23.0 Å². The topological polar surface area (TPSA) is 61.4 Å². The first-order valence-corrected chi connectivity index (χ1v) is 13.2. The quantitative estimate of drug-likeness (QED) is 0.328. The van der Waals surface area contributed by atoms with E-state index in [4.69, 9.17) is 35.9 Å². The van der Waals surface area contributed by atoms with Crippen LogP contribution in [0, 0.1) is 5.92 Å². The zero-order chi connectivity index (χ0) is 25.3. The zero-order valence-corrected chi connectivity index (χ0v) is 22.4. The number of methoxy groups -OCH3 is 3. The van der Waals surface area contributed by atoms with Gasteiger partial charge in [-0.2, -0.15) is 0 Å². The van der Waals surface area contributed by atoms with Gasteiger partial charge in [0.15, 0.2) is 11.5 Å². The van der Waals surface area contributed by atoms with E-state index in [9.17, 15) is 0 Å². The highest BCUT2D eigenvalue weighted by Gasteiger charge is 2.40. The normalized spacial score (nSPS) is 21.7. The SMILES string of the molecule is COc1ccc(NC(=S)OC2CCN(CCCOc3ccc(OC)c(OC)c3)C3CCCCC23)cc1. The van der Waals surface area contributed by atoms with Gasteiger partial charge in [-0.3, -0.25) is 4.90 Å². The van der Waals surface area contributed by atoms with Gasteiger partial charge in [-0.1, -0.05) is 12.8 Å². The molecule has 36 heavy (non-hydrogen) atoms. The molecule has 0 radical (unpaired) electrons.